The highest BCUT2D eigenvalue weighted by Crippen LogP contribution is 2.36. The number of hydrogen-bond donors (Lipinski definition) is 1. The van der Waals surface area contributed by atoms with Gasteiger partial charge < -0.3 is 4.74 Å². The second-order valence-electron chi connectivity index (χ2n) is 4.85. The van der Waals surface area contributed by atoms with Gasteiger partial charge in [-0.2, -0.15) is 0 Å². The van der Waals surface area contributed by atoms with Crippen molar-refractivity contribution in [1.29, 1.82) is 0 Å². The maximum Gasteiger partial charge on any atom is 0.242 e. The van der Waals surface area contributed by atoms with Gasteiger partial charge in [-0.25, -0.2) is 13.1 Å². The van der Waals surface area contributed by atoms with Gasteiger partial charge in [0.15, 0.2) is 0 Å². The zero-order valence-electron chi connectivity index (χ0n) is 11.2. The number of methoxy groups -OCH3 is 1. The van der Waals surface area contributed by atoms with Crippen molar-refractivity contribution >= 4 is 33.2 Å². The highest BCUT2D eigenvalue weighted by atomic mass is 35.5. The molecular weight excluding hydrogens is 321 g/mol. The van der Waals surface area contributed by atoms with Gasteiger partial charge in [0.1, 0.15) is 15.7 Å². The number of hydrogen-bond acceptors (Lipinski definition) is 3. The Labute approximate surface area is 129 Å². The van der Waals surface area contributed by atoms with Gasteiger partial charge in [-0.15, -0.1) is 0 Å². The van der Waals surface area contributed by atoms with Crippen molar-refractivity contribution in [3.63, 3.8) is 0 Å². The fraction of sp³-hybridized carbons (Fsp3) is 0.538. The van der Waals surface area contributed by atoms with Gasteiger partial charge in [-0.1, -0.05) is 42.5 Å². The van der Waals surface area contributed by atoms with Gasteiger partial charge in [0.25, 0.3) is 0 Å². The van der Waals surface area contributed by atoms with Crippen LogP contribution >= 0.6 is 23.2 Å². The summed E-state index contributed by atoms with van der Waals surface area (Å²) >= 11 is 12.0. The van der Waals surface area contributed by atoms with E-state index in [4.69, 9.17) is 27.9 Å². The largest absolute Gasteiger partial charge is 0.495 e. The summed E-state index contributed by atoms with van der Waals surface area (Å²) in [5.74, 6) is 0.355. The molecule has 1 fully saturated rings. The van der Waals surface area contributed by atoms with E-state index in [1.165, 1.54) is 19.2 Å². The summed E-state index contributed by atoms with van der Waals surface area (Å²) in [5, 5.41) is 0.106. The number of nitrogens with one attached hydrogen (secondary N) is 1. The van der Waals surface area contributed by atoms with E-state index < -0.39 is 10.0 Å². The molecule has 1 aromatic carbocycles. The third-order valence-corrected chi connectivity index (χ3v) is 5.99. The highest BCUT2D eigenvalue weighted by Gasteiger charge is 2.25. The van der Waals surface area contributed by atoms with Crippen LogP contribution in [0.3, 0.4) is 0 Å². The predicted molar refractivity (Wildman–Crippen MR) is 80.2 cm³/mol. The first-order valence-electron chi connectivity index (χ1n) is 6.50. The Morgan fingerprint density at radius 3 is 2.40 bits per heavy atom. The molecule has 0 saturated heterocycles. The Morgan fingerprint density at radius 2 is 1.80 bits per heavy atom. The Bertz CT molecular complexity index is 584. The standard InChI is InChI=1S/C13H17Cl2NO3S/c1-19-10-7-8-11(13(15)12(10)14)20(17,18)16-9-5-3-2-4-6-9/h7-9,16H,2-6H2,1H3. The molecule has 0 unspecified atom stereocenters. The minimum Gasteiger partial charge on any atom is -0.495 e. The first kappa shape index (κ1) is 15.9. The van der Waals surface area contributed by atoms with Crippen molar-refractivity contribution in [3.05, 3.63) is 22.2 Å². The van der Waals surface area contributed by atoms with E-state index in [0.717, 1.165) is 32.1 Å². The molecule has 1 saturated carbocycles. The molecule has 0 amide bonds. The molecule has 4 nitrogen and oxygen atoms in total. The maximum absolute atomic E-state index is 12.4. The van der Waals surface area contributed by atoms with Crippen LogP contribution in [0.25, 0.3) is 0 Å². The molecular formula is C13H17Cl2NO3S. The van der Waals surface area contributed by atoms with Gasteiger partial charge in [-0.3, -0.25) is 0 Å². The molecule has 0 atom stereocenters. The number of sulfonamides is 1. The second-order valence-corrected chi connectivity index (χ2v) is 7.29. The molecule has 112 valence electrons. The quantitative estimate of drug-likeness (QED) is 0.912. The van der Waals surface area contributed by atoms with Crippen molar-refractivity contribution in [2.75, 3.05) is 7.11 Å². The molecule has 1 aliphatic rings. The molecule has 1 aromatic rings. The lowest BCUT2D eigenvalue weighted by molar-refractivity contribution is 0.411. The molecule has 7 heteroatoms. The van der Waals surface area contributed by atoms with Gasteiger partial charge in [-0.05, 0) is 25.0 Å². The fourth-order valence-corrected chi connectivity index (χ4v) is 4.53. The van der Waals surface area contributed by atoms with Crippen molar-refractivity contribution in [2.45, 2.75) is 43.0 Å². The lowest BCUT2D eigenvalue weighted by Crippen LogP contribution is -2.36. The summed E-state index contributed by atoms with van der Waals surface area (Å²) < 4.78 is 32.5. The molecule has 1 aliphatic carbocycles. The second kappa shape index (κ2) is 6.52. The number of rotatable bonds is 4. The molecule has 2 rings (SSSR count). The Morgan fingerprint density at radius 1 is 1.15 bits per heavy atom. The maximum atomic E-state index is 12.4. The van der Waals surface area contributed by atoms with E-state index in [-0.39, 0.29) is 21.0 Å². The van der Waals surface area contributed by atoms with E-state index in [0.29, 0.717) is 5.75 Å². The molecule has 1 N–H and O–H groups in total. The van der Waals surface area contributed by atoms with Crippen molar-refractivity contribution in [2.24, 2.45) is 0 Å². The molecule has 0 spiro atoms. The minimum atomic E-state index is -3.66. The van der Waals surface area contributed by atoms with Crippen LogP contribution in [-0.4, -0.2) is 21.6 Å². The van der Waals surface area contributed by atoms with E-state index >= 15 is 0 Å². The van der Waals surface area contributed by atoms with Gasteiger partial charge in [0.2, 0.25) is 10.0 Å². The third-order valence-electron chi connectivity index (χ3n) is 3.45. The number of halogens is 2. The van der Waals surface area contributed by atoms with E-state index in [1.807, 2.05) is 0 Å². The summed E-state index contributed by atoms with van der Waals surface area (Å²) in [7, 11) is -2.21. The first-order chi connectivity index (χ1) is 9.45. The average molecular weight is 338 g/mol. The molecule has 0 radical (unpaired) electrons. The first-order valence-corrected chi connectivity index (χ1v) is 8.74. The van der Waals surface area contributed by atoms with E-state index in [2.05, 4.69) is 4.72 Å². The van der Waals surface area contributed by atoms with Crippen LogP contribution in [0.4, 0.5) is 0 Å². The fourth-order valence-electron chi connectivity index (χ4n) is 2.38. The van der Waals surface area contributed by atoms with Crippen molar-refractivity contribution in [3.8, 4) is 5.75 Å². The average Bonchev–Trinajstić information content (AvgIpc) is 2.42. The van der Waals surface area contributed by atoms with Crippen LogP contribution < -0.4 is 9.46 Å². The van der Waals surface area contributed by atoms with E-state index in [9.17, 15) is 8.42 Å². The van der Waals surface area contributed by atoms with Crippen LogP contribution in [0.1, 0.15) is 32.1 Å². The van der Waals surface area contributed by atoms with E-state index in [1.54, 1.807) is 0 Å². The zero-order chi connectivity index (χ0) is 14.8. The van der Waals surface area contributed by atoms with Crippen molar-refractivity contribution in [1.82, 2.24) is 4.72 Å². The summed E-state index contributed by atoms with van der Waals surface area (Å²) in [6, 6.07) is 2.90. The van der Waals surface area contributed by atoms with Crippen LogP contribution in [0.5, 0.6) is 5.75 Å². The summed E-state index contributed by atoms with van der Waals surface area (Å²) in [4.78, 5) is -0.00413. The molecule has 0 bridgehead atoms. The summed E-state index contributed by atoms with van der Waals surface area (Å²) in [5.41, 5.74) is 0. The molecule has 20 heavy (non-hydrogen) atoms. The van der Waals surface area contributed by atoms with Crippen LogP contribution in [0.2, 0.25) is 10.0 Å². The zero-order valence-corrected chi connectivity index (χ0v) is 13.5. The smallest absolute Gasteiger partial charge is 0.242 e. The number of ether oxygens (including phenoxy) is 1. The van der Waals surface area contributed by atoms with Crippen LogP contribution in [-0.2, 0) is 10.0 Å². The Balaban J connectivity index is 2.27. The van der Waals surface area contributed by atoms with Gasteiger partial charge in [0.05, 0.1) is 12.1 Å². The van der Waals surface area contributed by atoms with Crippen molar-refractivity contribution < 1.29 is 13.2 Å². The summed E-state index contributed by atoms with van der Waals surface area (Å²) in [6.07, 6.45) is 4.98. The monoisotopic (exact) mass is 337 g/mol. The van der Waals surface area contributed by atoms with Gasteiger partial charge in [0, 0.05) is 6.04 Å². The summed E-state index contributed by atoms with van der Waals surface area (Å²) in [6.45, 7) is 0. The minimum absolute atomic E-state index is 0.00413. The highest BCUT2D eigenvalue weighted by molar-refractivity contribution is 7.89. The lowest BCUT2D eigenvalue weighted by Gasteiger charge is -2.23. The molecule has 0 aliphatic heterocycles. The predicted octanol–water partition coefficient (Wildman–Crippen LogP) is 3.61. The Kier molecular flexibility index (Phi) is 5.18. The molecule has 0 aromatic heterocycles. The topological polar surface area (TPSA) is 55.4 Å². The van der Waals surface area contributed by atoms with Gasteiger partial charge >= 0.3 is 0 Å². The van der Waals surface area contributed by atoms with Crippen LogP contribution in [0.15, 0.2) is 17.0 Å². The normalized spacial score (nSPS) is 17.1. The Hall–Kier alpha value is -0.490. The number of benzene rings is 1. The third kappa shape index (κ3) is 3.39. The molecule has 0 heterocycles. The SMILES string of the molecule is COc1ccc(S(=O)(=O)NC2CCCCC2)c(Cl)c1Cl. The lowest BCUT2D eigenvalue weighted by atomic mass is 9.96. The van der Waals surface area contributed by atoms with Crippen LogP contribution in [0, 0.1) is 0 Å².